The molecule has 0 radical (unpaired) electrons. The third-order valence-corrected chi connectivity index (χ3v) is 2.06. The van der Waals surface area contributed by atoms with Crippen LogP contribution in [0.25, 0.3) is 0 Å². The Bertz CT molecular complexity index is 200. The van der Waals surface area contributed by atoms with Crippen LogP contribution in [0.2, 0.25) is 0 Å². The Morgan fingerprint density at radius 2 is 2.00 bits per heavy atom. The van der Waals surface area contributed by atoms with Crippen LogP contribution in [0.15, 0.2) is 11.8 Å². The van der Waals surface area contributed by atoms with Gasteiger partial charge in [-0.25, -0.2) is 4.79 Å². The summed E-state index contributed by atoms with van der Waals surface area (Å²) in [6.07, 6.45) is 6.43. The zero-order chi connectivity index (χ0) is 11.5. The Hall–Kier alpha value is -0.990. The van der Waals surface area contributed by atoms with Crippen molar-refractivity contribution in [1.29, 1.82) is 0 Å². The number of esters is 1. The van der Waals surface area contributed by atoms with Crippen LogP contribution in [-0.4, -0.2) is 19.1 Å². The molecule has 3 nitrogen and oxygen atoms in total. The molecule has 0 aromatic heterocycles. The lowest BCUT2D eigenvalue weighted by Crippen LogP contribution is -2.14. The summed E-state index contributed by atoms with van der Waals surface area (Å²) in [5.41, 5.74) is 0.880. The highest BCUT2D eigenvalue weighted by Crippen LogP contribution is 1.98. The summed E-state index contributed by atoms with van der Waals surface area (Å²) in [4.78, 5) is 11.1. The molecule has 0 aromatic rings. The molecule has 88 valence electrons. The lowest BCUT2D eigenvalue weighted by molar-refractivity contribution is -0.137. The predicted octanol–water partition coefficient (Wildman–Crippen LogP) is 2.62. The Morgan fingerprint density at radius 1 is 1.27 bits per heavy atom. The van der Waals surface area contributed by atoms with Crippen LogP contribution in [0, 0.1) is 0 Å². The monoisotopic (exact) mass is 213 g/mol. The topological polar surface area (TPSA) is 38.3 Å². The summed E-state index contributed by atoms with van der Waals surface area (Å²) in [6.45, 7) is 7.25. The first-order valence-corrected chi connectivity index (χ1v) is 5.79. The summed E-state index contributed by atoms with van der Waals surface area (Å²) < 4.78 is 4.80. The molecule has 0 fully saturated rings. The fourth-order valence-corrected chi connectivity index (χ4v) is 1.25. The summed E-state index contributed by atoms with van der Waals surface area (Å²) in [6, 6.07) is 0. The number of hydrogen-bond acceptors (Lipinski definition) is 3. The van der Waals surface area contributed by atoms with E-state index in [0.29, 0.717) is 6.61 Å². The number of carbonyl (C=O) groups is 1. The molecule has 1 N–H and O–H groups in total. The SMILES string of the molecule is CCCCCCN/C(C)=C/C(=O)OCC. The molecule has 0 amide bonds. The predicted molar refractivity (Wildman–Crippen MR) is 62.5 cm³/mol. The van der Waals surface area contributed by atoms with E-state index >= 15 is 0 Å². The maximum atomic E-state index is 11.1. The molecule has 15 heavy (non-hydrogen) atoms. The third kappa shape index (κ3) is 9.32. The van der Waals surface area contributed by atoms with Gasteiger partial charge in [-0.05, 0) is 20.3 Å². The van der Waals surface area contributed by atoms with Crippen LogP contribution in [-0.2, 0) is 9.53 Å². The fraction of sp³-hybridized carbons (Fsp3) is 0.750. The lowest BCUT2D eigenvalue weighted by Gasteiger charge is -2.05. The van der Waals surface area contributed by atoms with Gasteiger partial charge in [0.1, 0.15) is 0 Å². The first-order valence-electron chi connectivity index (χ1n) is 5.79. The van der Waals surface area contributed by atoms with Gasteiger partial charge in [0.05, 0.1) is 6.61 Å². The van der Waals surface area contributed by atoms with Crippen LogP contribution in [0.1, 0.15) is 46.5 Å². The van der Waals surface area contributed by atoms with Crippen molar-refractivity contribution in [1.82, 2.24) is 5.32 Å². The molecule has 0 heterocycles. The van der Waals surface area contributed by atoms with Crippen molar-refractivity contribution in [2.75, 3.05) is 13.2 Å². The van der Waals surface area contributed by atoms with Gasteiger partial charge in [0.25, 0.3) is 0 Å². The van der Waals surface area contributed by atoms with E-state index in [-0.39, 0.29) is 5.97 Å². The van der Waals surface area contributed by atoms with Gasteiger partial charge >= 0.3 is 5.97 Å². The molecule has 0 aliphatic carbocycles. The van der Waals surface area contributed by atoms with Crippen molar-refractivity contribution in [3.05, 3.63) is 11.8 Å². The van der Waals surface area contributed by atoms with E-state index in [1.165, 1.54) is 25.3 Å². The molecule has 0 aromatic carbocycles. The van der Waals surface area contributed by atoms with Gasteiger partial charge in [-0.15, -0.1) is 0 Å². The molecule has 0 atom stereocenters. The van der Waals surface area contributed by atoms with Crippen molar-refractivity contribution in [3.8, 4) is 0 Å². The molecular weight excluding hydrogens is 190 g/mol. The van der Waals surface area contributed by atoms with Crippen molar-refractivity contribution in [3.63, 3.8) is 0 Å². The first kappa shape index (κ1) is 14.0. The van der Waals surface area contributed by atoms with Gasteiger partial charge in [-0.2, -0.15) is 0 Å². The van der Waals surface area contributed by atoms with Gasteiger partial charge in [-0.1, -0.05) is 26.2 Å². The van der Waals surface area contributed by atoms with Gasteiger partial charge < -0.3 is 10.1 Å². The van der Waals surface area contributed by atoms with E-state index in [1.54, 1.807) is 6.92 Å². The largest absolute Gasteiger partial charge is 0.463 e. The molecule has 0 aliphatic heterocycles. The second-order valence-corrected chi connectivity index (χ2v) is 3.57. The number of rotatable bonds is 8. The number of allylic oxidation sites excluding steroid dienone is 1. The summed E-state index contributed by atoms with van der Waals surface area (Å²) >= 11 is 0. The van der Waals surface area contributed by atoms with Gasteiger partial charge in [0.2, 0.25) is 0 Å². The minimum Gasteiger partial charge on any atom is -0.463 e. The van der Waals surface area contributed by atoms with Crippen LogP contribution in [0.3, 0.4) is 0 Å². The van der Waals surface area contributed by atoms with E-state index in [0.717, 1.165) is 18.7 Å². The van der Waals surface area contributed by atoms with Crippen molar-refractivity contribution >= 4 is 5.97 Å². The van der Waals surface area contributed by atoms with Crippen LogP contribution in [0.5, 0.6) is 0 Å². The minimum absolute atomic E-state index is 0.268. The summed E-state index contributed by atoms with van der Waals surface area (Å²) in [5.74, 6) is -0.268. The standard InChI is InChI=1S/C12H23NO2/c1-4-6-7-8-9-13-11(3)10-12(14)15-5-2/h10,13H,4-9H2,1-3H3/b11-10+. The molecule has 0 bridgehead atoms. The maximum Gasteiger partial charge on any atom is 0.332 e. The smallest absolute Gasteiger partial charge is 0.332 e. The normalized spacial score (nSPS) is 11.3. The average Bonchev–Trinajstić information content (AvgIpc) is 2.17. The first-order chi connectivity index (χ1) is 7.20. The Morgan fingerprint density at radius 3 is 2.60 bits per heavy atom. The molecule has 3 heteroatoms. The van der Waals surface area contributed by atoms with Crippen molar-refractivity contribution in [2.24, 2.45) is 0 Å². The molecular formula is C12H23NO2. The molecule has 0 unspecified atom stereocenters. The van der Waals surface area contributed by atoms with E-state index in [9.17, 15) is 4.79 Å². The van der Waals surface area contributed by atoms with Gasteiger partial charge in [0.15, 0.2) is 0 Å². The molecule has 0 saturated heterocycles. The second kappa shape index (κ2) is 9.56. The van der Waals surface area contributed by atoms with Crippen LogP contribution in [0.4, 0.5) is 0 Å². The van der Waals surface area contributed by atoms with Crippen molar-refractivity contribution in [2.45, 2.75) is 46.5 Å². The molecule has 0 rings (SSSR count). The Kier molecular flexibility index (Phi) is 8.93. The van der Waals surface area contributed by atoms with Crippen molar-refractivity contribution < 1.29 is 9.53 Å². The second-order valence-electron chi connectivity index (χ2n) is 3.57. The summed E-state index contributed by atoms with van der Waals surface area (Å²) in [5, 5.41) is 3.19. The molecule has 0 saturated carbocycles. The Labute approximate surface area is 92.9 Å². The number of carbonyl (C=O) groups excluding carboxylic acids is 1. The van der Waals surface area contributed by atoms with E-state index in [2.05, 4.69) is 12.2 Å². The third-order valence-electron chi connectivity index (χ3n) is 2.06. The minimum atomic E-state index is -0.268. The quantitative estimate of drug-likeness (QED) is 0.382. The highest BCUT2D eigenvalue weighted by atomic mass is 16.5. The van der Waals surface area contributed by atoms with Crippen LogP contribution >= 0.6 is 0 Å². The molecule has 0 aliphatic rings. The summed E-state index contributed by atoms with van der Waals surface area (Å²) in [7, 11) is 0. The van der Waals surface area contributed by atoms with E-state index in [1.807, 2.05) is 6.92 Å². The van der Waals surface area contributed by atoms with Crippen LogP contribution < -0.4 is 5.32 Å². The Balaban J connectivity index is 3.54. The number of ether oxygens (including phenoxy) is 1. The fourth-order valence-electron chi connectivity index (χ4n) is 1.25. The van der Waals surface area contributed by atoms with Gasteiger partial charge in [-0.3, -0.25) is 0 Å². The zero-order valence-corrected chi connectivity index (χ0v) is 10.1. The average molecular weight is 213 g/mol. The molecule has 0 spiro atoms. The van der Waals surface area contributed by atoms with E-state index in [4.69, 9.17) is 4.74 Å². The zero-order valence-electron chi connectivity index (χ0n) is 10.1. The van der Waals surface area contributed by atoms with Gasteiger partial charge in [0, 0.05) is 18.3 Å². The number of nitrogens with one attached hydrogen (secondary N) is 1. The number of unbranched alkanes of at least 4 members (excludes halogenated alkanes) is 3. The number of hydrogen-bond donors (Lipinski definition) is 1. The van der Waals surface area contributed by atoms with E-state index < -0.39 is 0 Å². The highest BCUT2D eigenvalue weighted by Gasteiger charge is 1.96. The maximum absolute atomic E-state index is 11.1. The highest BCUT2D eigenvalue weighted by molar-refractivity contribution is 5.82. The lowest BCUT2D eigenvalue weighted by atomic mass is 10.2.